The fraction of sp³-hybridized carbons (Fsp3) is 0.0526. The van der Waals surface area contributed by atoms with Crippen LogP contribution >= 0.6 is 46.4 Å². The van der Waals surface area contributed by atoms with Gasteiger partial charge >= 0.3 is 0 Å². The average Bonchev–Trinajstić information content (AvgIpc) is 2.64. The molecular formula is C19H12Cl4O5S. The summed E-state index contributed by atoms with van der Waals surface area (Å²) in [6.07, 6.45) is 0. The second-order valence-corrected chi connectivity index (χ2v) is 9.23. The van der Waals surface area contributed by atoms with Crippen molar-refractivity contribution in [3.63, 3.8) is 0 Å². The molecule has 152 valence electrons. The lowest BCUT2D eigenvalue weighted by Crippen LogP contribution is -2.39. The first-order valence-electron chi connectivity index (χ1n) is 7.89. The van der Waals surface area contributed by atoms with Gasteiger partial charge in [0.05, 0.1) is 15.1 Å². The number of halogens is 4. The van der Waals surface area contributed by atoms with E-state index in [2.05, 4.69) is 0 Å². The topological polar surface area (TPSA) is 94.8 Å². The third kappa shape index (κ3) is 3.65. The summed E-state index contributed by atoms with van der Waals surface area (Å²) < 4.78 is 34.1. The second kappa shape index (κ2) is 7.87. The standard InChI is InChI=1S/C19H12Cl4O5S/c20-14-9-15(21)17(22)18(23)16(14)19(29(26,27)28,10-1-5-12(24)6-2-10)11-3-7-13(25)8-4-11/h1-9,24-25H,(H,26,27,28). The van der Waals surface area contributed by atoms with Gasteiger partial charge in [0.25, 0.3) is 10.1 Å². The Morgan fingerprint density at radius 1 is 0.690 bits per heavy atom. The van der Waals surface area contributed by atoms with Crippen LogP contribution in [0.3, 0.4) is 0 Å². The third-order valence-corrected chi connectivity index (χ3v) is 7.41. The summed E-state index contributed by atoms with van der Waals surface area (Å²) in [5, 5.41) is 18.7. The molecule has 0 heterocycles. The van der Waals surface area contributed by atoms with Crippen molar-refractivity contribution in [3.05, 3.63) is 91.4 Å². The van der Waals surface area contributed by atoms with Crippen LogP contribution in [0, 0.1) is 0 Å². The van der Waals surface area contributed by atoms with Gasteiger partial charge in [0, 0.05) is 10.6 Å². The van der Waals surface area contributed by atoms with Crippen molar-refractivity contribution >= 4 is 56.5 Å². The Labute approximate surface area is 186 Å². The summed E-state index contributed by atoms with van der Waals surface area (Å²) in [7, 11) is -5.02. The van der Waals surface area contributed by atoms with E-state index >= 15 is 0 Å². The molecule has 0 spiro atoms. The highest BCUT2D eigenvalue weighted by Crippen LogP contribution is 2.52. The summed E-state index contributed by atoms with van der Waals surface area (Å²) >= 11 is 24.9. The lowest BCUT2D eigenvalue weighted by atomic mass is 9.83. The molecule has 3 rings (SSSR count). The van der Waals surface area contributed by atoms with Crippen LogP contribution in [-0.4, -0.2) is 23.2 Å². The molecule has 3 aromatic rings. The largest absolute Gasteiger partial charge is 0.508 e. The molecule has 3 N–H and O–H groups in total. The minimum atomic E-state index is -5.02. The molecule has 10 heteroatoms. The van der Waals surface area contributed by atoms with E-state index in [1.54, 1.807) is 0 Å². The predicted molar refractivity (Wildman–Crippen MR) is 114 cm³/mol. The maximum atomic E-state index is 13.0. The molecule has 29 heavy (non-hydrogen) atoms. The number of hydrogen-bond donors (Lipinski definition) is 3. The Morgan fingerprint density at radius 3 is 1.48 bits per heavy atom. The predicted octanol–water partition coefficient (Wildman–Crippen LogP) is 5.89. The second-order valence-electron chi connectivity index (χ2n) is 6.09. The molecule has 0 aliphatic carbocycles. The van der Waals surface area contributed by atoms with Crippen molar-refractivity contribution < 1.29 is 23.2 Å². The van der Waals surface area contributed by atoms with Gasteiger partial charge in [-0.05, 0) is 41.5 Å². The first kappa shape index (κ1) is 22.0. The van der Waals surface area contributed by atoms with Crippen molar-refractivity contribution in [2.45, 2.75) is 4.75 Å². The molecule has 3 aromatic carbocycles. The van der Waals surface area contributed by atoms with E-state index < -0.39 is 14.9 Å². The van der Waals surface area contributed by atoms with E-state index in [0.29, 0.717) is 0 Å². The maximum absolute atomic E-state index is 13.0. The van der Waals surface area contributed by atoms with Crippen LogP contribution in [0.15, 0.2) is 54.6 Å². The molecule has 0 unspecified atom stereocenters. The Kier molecular flexibility index (Phi) is 5.98. The summed E-state index contributed by atoms with van der Waals surface area (Å²) in [6, 6.07) is 11.4. The van der Waals surface area contributed by atoms with Crippen molar-refractivity contribution in [1.29, 1.82) is 0 Å². The van der Waals surface area contributed by atoms with Gasteiger partial charge in [-0.25, -0.2) is 0 Å². The van der Waals surface area contributed by atoms with Crippen LogP contribution in [-0.2, 0) is 14.9 Å². The van der Waals surface area contributed by atoms with Gasteiger partial charge in [-0.15, -0.1) is 0 Å². The smallest absolute Gasteiger partial charge is 0.283 e. The first-order valence-corrected chi connectivity index (χ1v) is 10.8. The molecule has 0 saturated heterocycles. The van der Waals surface area contributed by atoms with Crippen molar-refractivity contribution in [1.82, 2.24) is 0 Å². The highest BCUT2D eigenvalue weighted by molar-refractivity contribution is 7.87. The van der Waals surface area contributed by atoms with E-state index in [1.807, 2.05) is 0 Å². The van der Waals surface area contributed by atoms with Gasteiger partial charge in [-0.1, -0.05) is 70.7 Å². The minimum absolute atomic E-state index is 0.00827. The van der Waals surface area contributed by atoms with Gasteiger partial charge in [0.2, 0.25) is 0 Å². The average molecular weight is 494 g/mol. The highest BCUT2D eigenvalue weighted by atomic mass is 35.5. The van der Waals surface area contributed by atoms with Gasteiger partial charge in [0.1, 0.15) is 11.5 Å². The van der Waals surface area contributed by atoms with Crippen molar-refractivity contribution in [2.24, 2.45) is 0 Å². The first-order chi connectivity index (χ1) is 13.5. The van der Waals surface area contributed by atoms with Crippen molar-refractivity contribution in [2.75, 3.05) is 0 Å². The zero-order chi connectivity index (χ0) is 21.6. The monoisotopic (exact) mass is 492 g/mol. The lowest BCUT2D eigenvalue weighted by molar-refractivity contribution is 0.456. The third-order valence-electron chi connectivity index (χ3n) is 4.40. The van der Waals surface area contributed by atoms with Crippen LogP contribution in [0.2, 0.25) is 20.1 Å². The molecule has 0 aliphatic heterocycles. The van der Waals surface area contributed by atoms with E-state index in [4.69, 9.17) is 46.4 Å². The highest BCUT2D eigenvalue weighted by Gasteiger charge is 2.51. The number of aromatic hydroxyl groups is 2. The molecule has 0 fully saturated rings. The lowest BCUT2D eigenvalue weighted by Gasteiger charge is -2.34. The summed E-state index contributed by atoms with van der Waals surface area (Å²) in [5.74, 6) is -0.259. The quantitative estimate of drug-likeness (QED) is 0.182. The van der Waals surface area contributed by atoms with Crippen LogP contribution in [0.5, 0.6) is 11.5 Å². The van der Waals surface area contributed by atoms with Gasteiger partial charge in [-0.3, -0.25) is 4.55 Å². The number of hydrogen-bond acceptors (Lipinski definition) is 4. The van der Waals surface area contributed by atoms with Gasteiger partial charge < -0.3 is 10.2 Å². The Bertz CT molecular complexity index is 1130. The summed E-state index contributed by atoms with van der Waals surface area (Å²) in [5.41, 5.74) is -0.189. The number of phenols is 2. The molecule has 0 amide bonds. The number of rotatable bonds is 4. The number of benzene rings is 3. The SMILES string of the molecule is O=S(=O)(O)C(c1ccc(O)cc1)(c1ccc(O)cc1)c1c(Cl)cc(Cl)c(Cl)c1Cl. The normalized spacial score (nSPS) is 12.2. The molecule has 0 aromatic heterocycles. The fourth-order valence-corrected chi connectivity index (χ4v) is 5.81. The molecule has 0 atom stereocenters. The molecule has 5 nitrogen and oxygen atoms in total. The number of phenolic OH excluding ortho intramolecular Hbond substituents is 2. The molecule has 0 aliphatic rings. The molecule has 0 bridgehead atoms. The van der Waals surface area contributed by atoms with E-state index in [-0.39, 0.29) is 48.3 Å². The molecule has 0 radical (unpaired) electrons. The van der Waals surface area contributed by atoms with Crippen LogP contribution in [0.1, 0.15) is 16.7 Å². The van der Waals surface area contributed by atoms with Crippen LogP contribution < -0.4 is 0 Å². The Balaban J connectivity index is 2.59. The summed E-state index contributed by atoms with van der Waals surface area (Å²) in [4.78, 5) is 0. The van der Waals surface area contributed by atoms with Crippen LogP contribution in [0.4, 0.5) is 0 Å². The van der Waals surface area contributed by atoms with E-state index in [9.17, 15) is 23.2 Å². The van der Waals surface area contributed by atoms with Crippen molar-refractivity contribution in [3.8, 4) is 11.5 Å². The molecule has 0 saturated carbocycles. The van der Waals surface area contributed by atoms with Gasteiger partial charge in [0.15, 0.2) is 4.75 Å². The minimum Gasteiger partial charge on any atom is -0.508 e. The van der Waals surface area contributed by atoms with Crippen LogP contribution in [0.25, 0.3) is 0 Å². The Morgan fingerprint density at radius 2 is 1.10 bits per heavy atom. The zero-order valence-corrected chi connectivity index (χ0v) is 18.1. The molecular weight excluding hydrogens is 482 g/mol. The zero-order valence-electron chi connectivity index (χ0n) is 14.3. The fourth-order valence-electron chi connectivity index (χ4n) is 3.16. The summed E-state index contributed by atoms with van der Waals surface area (Å²) in [6.45, 7) is 0. The Hall–Kier alpha value is -1.67. The van der Waals surface area contributed by atoms with E-state index in [1.165, 1.54) is 54.6 Å². The van der Waals surface area contributed by atoms with E-state index in [0.717, 1.165) is 0 Å². The maximum Gasteiger partial charge on any atom is 0.283 e. The van der Waals surface area contributed by atoms with Gasteiger partial charge in [-0.2, -0.15) is 8.42 Å².